The fraction of sp³-hybridized carbons (Fsp3) is 0.391. The van der Waals surface area contributed by atoms with Gasteiger partial charge in [0.05, 0.1) is 0 Å². The van der Waals surface area contributed by atoms with Gasteiger partial charge in [-0.3, -0.25) is 9.59 Å². The summed E-state index contributed by atoms with van der Waals surface area (Å²) in [6.45, 7) is 1.79. The molecule has 0 bridgehead atoms. The molecule has 0 saturated heterocycles. The summed E-state index contributed by atoms with van der Waals surface area (Å²) in [7, 11) is 0. The Morgan fingerprint density at radius 3 is 2.40 bits per heavy atom. The van der Waals surface area contributed by atoms with Crippen LogP contribution in [0.3, 0.4) is 0 Å². The topological polar surface area (TPSA) is 58.6 Å². The first-order chi connectivity index (χ1) is 14.4. The van der Waals surface area contributed by atoms with Crippen molar-refractivity contribution in [1.82, 2.24) is 10.2 Å². The average Bonchev–Trinajstić information content (AvgIpc) is 3.25. The SMILES string of the molecule is C[C@H](C(=O)NC1CCCC1)N(Cc1ccc(Br)cc1)C(=O)COc1ccc(F)cc1. The molecule has 0 unspecified atom stereocenters. The third-order valence-corrected chi connectivity index (χ3v) is 5.84. The van der Waals surface area contributed by atoms with Gasteiger partial charge in [-0.1, -0.05) is 40.9 Å². The van der Waals surface area contributed by atoms with Crippen LogP contribution in [0, 0.1) is 5.82 Å². The Balaban J connectivity index is 1.69. The number of rotatable bonds is 8. The van der Waals surface area contributed by atoms with Crippen molar-refractivity contribution >= 4 is 27.7 Å². The van der Waals surface area contributed by atoms with Gasteiger partial charge in [0, 0.05) is 17.1 Å². The number of halogens is 2. The monoisotopic (exact) mass is 476 g/mol. The lowest BCUT2D eigenvalue weighted by atomic mass is 10.1. The predicted molar refractivity (Wildman–Crippen MR) is 116 cm³/mol. The third kappa shape index (κ3) is 6.29. The normalized spacial score (nSPS) is 14.9. The minimum absolute atomic E-state index is 0.158. The van der Waals surface area contributed by atoms with E-state index in [1.807, 2.05) is 24.3 Å². The lowest BCUT2D eigenvalue weighted by Crippen LogP contribution is -2.50. The molecule has 1 fully saturated rings. The van der Waals surface area contributed by atoms with Crippen LogP contribution in [0.1, 0.15) is 38.2 Å². The molecule has 0 spiro atoms. The van der Waals surface area contributed by atoms with E-state index < -0.39 is 6.04 Å². The van der Waals surface area contributed by atoms with Crippen LogP contribution in [0.25, 0.3) is 0 Å². The van der Waals surface area contributed by atoms with E-state index in [0.717, 1.165) is 35.7 Å². The zero-order valence-corrected chi connectivity index (χ0v) is 18.5. The Morgan fingerprint density at radius 2 is 1.77 bits per heavy atom. The lowest BCUT2D eigenvalue weighted by Gasteiger charge is -2.29. The molecule has 1 saturated carbocycles. The molecular weight excluding hydrogens is 451 g/mol. The molecule has 1 aliphatic carbocycles. The van der Waals surface area contributed by atoms with Crippen LogP contribution in [0.4, 0.5) is 4.39 Å². The molecule has 2 aromatic carbocycles. The number of nitrogens with zero attached hydrogens (tertiary/aromatic N) is 1. The van der Waals surface area contributed by atoms with Crippen molar-refractivity contribution in [1.29, 1.82) is 0 Å². The van der Waals surface area contributed by atoms with E-state index in [4.69, 9.17) is 4.74 Å². The standard InChI is InChI=1S/C23H26BrFN2O3/c1-16(23(29)26-20-4-2-3-5-20)27(14-17-6-8-18(24)9-7-17)22(28)15-30-21-12-10-19(25)11-13-21/h6-13,16,20H,2-5,14-15H2,1H3,(H,26,29)/t16-/m1/s1. The van der Waals surface area contributed by atoms with Crippen molar-refractivity contribution in [2.45, 2.75) is 51.2 Å². The Bertz CT molecular complexity index is 852. The summed E-state index contributed by atoms with van der Waals surface area (Å²) in [5.41, 5.74) is 0.911. The van der Waals surface area contributed by atoms with E-state index in [-0.39, 0.29) is 36.8 Å². The van der Waals surface area contributed by atoms with Crippen LogP contribution in [0.2, 0.25) is 0 Å². The van der Waals surface area contributed by atoms with Gasteiger partial charge in [0.15, 0.2) is 6.61 Å². The Morgan fingerprint density at radius 1 is 1.13 bits per heavy atom. The van der Waals surface area contributed by atoms with Crippen molar-refractivity contribution in [3.05, 3.63) is 64.4 Å². The number of carbonyl (C=O) groups is 2. The molecule has 1 aliphatic rings. The molecule has 5 nitrogen and oxygen atoms in total. The molecule has 2 aromatic rings. The van der Waals surface area contributed by atoms with Crippen LogP contribution in [-0.4, -0.2) is 35.4 Å². The molecule has 1 atom stereocenters. The molecule has 2 amide bonds. The van der Waals surface area contributed by atoms with Crippen LogP contribution in [0.5, 0.6) is 5.75 Å². The van der Waals surface area contributed by atoms with E-state index in [0.29, 0.717) is 5.75 Å². The van der Waals surface area contributed by atoms with Crippen molar-refractivity contribution in [2.24, 2.45) is 0 Å². The Kier molecular flexibility index (Phi) is 7.85. The zero-order chi connectivity index (χ0) is 21.5. The quantitative estimate of drug-likeness (QED) is 0.612. The second kappa shape index (κ2) is 10.6. The maximum absolute atomic E-state index is 13.1. The van der Waals surface area contributed by atoms with Crippen molar-refractivity contribution < 1.29 is 18.7 Å². The molecule has 160 valence electrons. The van der Waals surface area contributed by atoms with Gasteiger partial charge in [-0.15, -0.1) is 0 Å². The molecule has 0 radical (unpaired) electrons. The highest BCUT2D eigenvalue weighted by molar-refractivity contribution is 9.10. The van der Waals surface area contributed by atoms with Gasteiger partial charge in [0.1, 0.15) is 17.6 Å². The molecule has 7 heteroatoms. The van der Waals surface area contributed by atoms with Gasteiger partial charge in [-0.05, 0) is 61.7 Å². The van der Waals surface area contributed by atoms with Crippen molar-refractivity contribution in [3.63, 3.8) is 0 Å². The first-order valence-corrected chi connectivity index (χ1v) is 10.9. The van der Waals surface area contributed by atoms with Crippen LogP contribution in [-0.2, 0) is 16.1 Å². The summed E-state index contributed by atoms with van der Waals surface area (Å²) in [6.07, 6.45) is 4.19. The Hall–Kier alpha value is -2.41. The number of amides is 2. The summed E-state index contributed by atoms with van der Waals surface area (Å²) < 4.78 is 19.5. The fourth-order valence-electron chi connectivity index (χ4n) is 3.52. The number of benzene rings is 2. The summed E-state index contributed by atoms with van der Waals surface area (Å²) in [5.74, 6) is -0.440. The number of hydrogen-bond acceptors (Lipinski definition) is 3. The second-order valence-corrected chi connectivity index (χ2v) is 8.47. The Labute approximate surface area is 184 Å². The third-order valence-electron chi connectivity index (χ3n) is 5.31. The number of hydrogen-bond donors (Lipinski definition) is 1. The number of nitrogens with one attached hydrogen (secondary N) is 1. The zero-order valence-electron chi connectivity index (χ0n) is 16.9. The second-order valence-electron chi connectivity index (χ2n) is 7.56. The van der Waals surface area contributed by atoms with E-state index in [1.54, 1.807) is 6.92 Å². The van der Waals surface area contributed by atoms with E-state index >= 15 is 0 Å². The van der Waals surface area contributed by atoms with E-state index in [9.17, 15) is 14.0 Å². The molecule has 0 aliphatic heterocycles. The fourth-order valence-corrected chi connectivity index (χ4v) is 3.78. The van der Waals surface area contributed by atoms with Crippen LogP contribution < -0.4 is 10.1 Å². The van der Waals surface area contributed by atoms with Gasteiger partial charge in [-0.25, -0.2) is 4.39 Å². The highest BCUT2D eigenvalue weighted by Crippen LogP contribution is 2.19. The van der Waals surface area contributed by atoms with Crippen LogP contribution >= 0.6 is 15.9 Å². The van der Waals surface area contributed by atoms with Gasteiger partial charge in [-0.2, -0.15) is 0 Å². The van der Waals surface area contributed by atoms with Gasteiger partial charge < -0.3 is 15.0 Å². The first kappa shape index (κ1) is 22.3. The van der Waals surface area contributed by atoms with Gasteiger partial charge in [0.2, 0.25) is 5.91 Å². The molecule has 0 aromatic heterocycles. The number of carbonyl (C=O) groups excluding carboxylic acids is 2. The minimum Gasteiger partial charge on any atom is -0.484 e. The van der Waals surface area contributed by atoms with Gasteiger partial charge >= 0.3 is 0 Å². The molecule has 3 rings (SSSR count). The summed E-state index contributed by atoms with van der Waals surface area (Å²) >= 11 is 3.41. The molecular formula is C23H26BrFN2O3. The maximum Gasteiger partial charge on any atom is 0.261 e. The van der Waals surface area contributed by atoms with E-state index in [2.05, 4.69) is 21.2 Å². The predicted octanol–water partition coefficient (Wildman–Crippen LogP) is 4.44. The van der Waals surface area contributed by atoms with Crippen molar-refractivity contribution in [2.75, 3.05) is 6.61 Å². The number of ether oxygens (including phenoxy) is 1. The highest BCUT2D eigenvalue weighted by atomic mass is 79.9. The minimum atomic E-state index is -0.640. The smallest absolute Gasteiger partial charge is 0.261 e. The lowest BCUT2D eigenvalue weighted by molar-refractivity contribution is -0.142. The van der Waals surface area contributed by atoms with Crippen LogP contribution in [0.15, 0.2) is 53.0 Å². The highest BCUT2D eigenvalue weighted by Gasteiger charge is 2.28. The van der Waals surface area contributed by atoms with Gasteiger partial charge in [0.25, 0.3) is 5.91 Å². The largest absolute Gasteiger partial charge is 0.484 e. The van der Waals surface area contributed by atoms with E-state index in [1.165, 1.54) is 29.2 Å². The molecule has 1 N–H and O–H groups in total. The summed E-state index contributed by atoms with van der Waals surface area (Å²) in [6, 6.07) is 12.6. The maximum atomic E-state index is 13.1. The molecule has 0 heterocycles. The first-order valence-electron chi connectivity index (χ1n) is 10.1. The molecule has 30 heavy (non-hydrogen) atoms. The average molecular weight is 477 g/mol. The summed E-state index contributed by atoms with van der Waals surface area (Å²) in [5, 5.41) is 3.07. The van der Waals surface area contributed by atoms with Crippen molar-refractivity contribution in [3.8, 4) is 5.75 Å². The summed E-state index contributed by atoms with van der Waals surface area (Å²) in [4.78, 5) is 27.3.